The van der Waals surface area contributed by atoms with Gasteiger partial charge in [0.2, 0.25) is 5.89 Å². The van der Waals surface area contributed by atoms with Crippen molar-refractivity contribution in [2.24, 2.45) is 5.73 Å². The molecule has 4 nitrogen and oxygen atoms in total. The molecule has 2 aromatic rings. The molecule has 0 radical (unpaired) electrons. The average molecular weight is 281 g/mol. The maximum Gasteiger partial charge on any atom is 0.226 e. The van der Waals surface area contributed by atoms with Gasteiger partial charge in [-0.3, -0.25) is 0 Å². The average Bonchev–Trinajstić information content (AvgIpc) is 2.85. The Balaban J connectivity index is 1.83. The Morgan fingerprint density at radius 3 is 3.00 bits per heavy atom. The molecule has 1 aromatic carbocycles. The molecular formula is C13H16FN3OS. The van der Waals surface area contributed by atoms with Crippen LogP contribution in [0.25, 0.3) is 0 Å². The highest BCUT2D eigenvalue weighted by molar-refractivity contribution is 7.98. The second kappa shape index (κ2) is 7.25. The summed E-state index contributed by atoms with van der Waals surface area (Å²) in [6.07, 6.45) is 2.67. The lowest BCUT2D eigenvalue weighted by atomic mass is 10.2. The predicted molar refractivity (Wildman–Crippen MR) is 72.3 cm³/mol. The predicted octanol–water partition coefficient (Wildman–Crippen LogP) is 2.78. The van der Waals surface area contributed by atoms with Crippen LogP contribution >= 0.6 is 11.8 Å². The smallest absolute Gasteiger partial charge is 0.226 e. The Hall–Kier alpha value is -1.40. The van der Waals surface area contributed by atoms with Crippen molar-refractivity contribution < 1.29 is 8.91 Å². The molecule has 0 amide bonds. The van der Waals surface area contributed by atoms with Crippen molar-refractivity contribution >= 4 is 11.8 Å². The first-order valence-electron chi connectivity index (χ1n) is 6.18. The minimum absolute atomic E-state index is 0.236. The molecule has 0 unspecified atom stereocenters. The fraction of sp³-hybridized carbons (Fsp3) is 0.385. The molecule has 19 heavy (non-hydrogen) atoms. The number of thioether (sulfide) groups is 1. The van der Waals surface area contributed by atoms with Crippen LogP contribution in [0.1, 0.15) is 24.6 Å². The first-order chi connectivity index (χ1) is 9.28. The number of rotatable bonds is 7. The van der Waals surface area contributed by atoms with Gasteiger partial charge in [0, 0.05) is 11.3 Å². The number of nitrogens with two attached hydrogens (primary N) is 1. The summed E-state index contributed by atoms with van der Waals surface area (Å²) in [6, 6.07) is 6.46. The number of aromatic nitrogens is 2. The molecule has 2 N–H and O–H groups in total. The molecule has 0 bridgehead atoms. The van der Waals surface area contributed by atoms with Crippen molar-refractivity contribution in [3.63, 3.8) is 0 Å². The Bertz CT molecular complexity index is 518. The maximum absolute atomic E-state index is 13.0. The van der Waals surface area contributed by atoms with Crippen molar-refractivity contribution in [3.05, 3.63) is 41.8 Å². The highest BCUT2D eigenvalue weighted by atomic mass is 32.2. The van der Waals surface area contributed by atoms with E-state index in [9.17, 15) is 4.39 Å². The van der Waals surface area contributed by atoms with Crippen LogP contribution in [-0.4, -0.2) is 16.7 Å². The zero-order valence-corrected chi connectivity index (χ0v) is 11.3. The molecule has 102 valence electrons. The molecule has 1 heterocycles. The lowest BCUT2D eigenvalue weighted by Crippen LogP contribution is -1.99. The summed E-state index contributed by atoms with van der Waals surface area (Å²) in [6.45, 7) is 0.677. The van der Waals surface area contributed by atoms with E-state index in [1.807, 2.05) is 6.07 Å². The Labute approximate surface area is 115 Å². The Morgan fingerprint density at radius 2 is 2.21 bits per heavy atom. The third-order valence-corrected chi connectivity index (χ3v) is 3.51. The highest BCUT2D eigenvalue weighted by Crippen LogP contribution is 2.22. The van der Waals surface area contributed by atoms with Gasteiger partial charge in [-0.2, -0.15) is 4.98 Å². The van der Waals surface area contributed by atoms with E-state index in [0.29, 0.717) is 24.0 Å². The van der Waals surface area contributed by atoms with Crippen LogP contribution in [-0.2, 0) is 12.2 Å². The normalized spacial score (nSPS) is 10.8. The van der Waals surface area contributed by atoms with Gasteiger partial charge < -0.3 is 10.3 Å². The molecule has 2 rings (SSSR count). The monoisotopic (exact) mass is 281 g/mol. The number of unbranched alkanes of at least 4 members (excludes halogenated alkanes) is 1. The van der Waals surface area contributed by atoms with Crippen molar-refractivity contribution in [1.82, 2.24) is 10.1 Å². The van der Waals surface area contributed by atoms with E-state index < -0.39 is 0 Å². The number of benzene rings is 1. The first kappa shape index (κ1) is 14.0. The largest absolute Gasteiger partial charge is 0.339 e. The lowest BCUT2D eigenvalue weighted by molar-refractivity contribution is 0.371. The zero-order valence-electron chi connectivity index (χ0n) is 10.5. The van der Waals surface area contributed by atoms with E-state index in [-0.39, 0.29) is 5.82 Å². The SMILES string of the molecule is NCCCCc1nc(CSc2cccc(F)c2)no1. The van der Waals surface area contributed by atoms with Crippen LogP contribution in [0.5, 0.6) is 0 Å². The van der Waals surface area contributed by atoms with E-state index in [1.165, 1.54) is 23.9 Å². The summed E-state index contributed by atoms with van der Waals surface area (Å²) >= 11 is 1.48. The summed E-state index contributed by atoms with van der Waals surface area (Å²) in [5.41, 5.74) is 5.42. The summed E-state index contributed by atoms with van der Waals surface area (Å²) in [5.74, 6) is 1.62. The van der Waals surface area contributed by atoms with E-state index in [4.69, 9.17) is 10.3 Å². The number of hydrogen-bond donors (Lipinski definition) is 1. The summed E-state index contributed by atoms with van der Waals surface area (Å²) < 4.78 is 18.1. The second-order valence-electron chi connectivity index (χ2n) is 4.10. The fourth-order valence-corrected chi connectivity index (χ4v) is 2.36. The van der Waals surface area contributed by atoms with Gasteiger partial charge in [0.15, 0.2) is 5.82 Å². The fourth-order valence-electron chi connectivity index (χ4n) is 1.58. The van der Waals surface area contributed by atoms with Gasteiger partial charge in [-0.05, 0) is 37.6 Å². The highest BCUT2D eigenvalue weighted by Gasteiger charge is 2.06. The molecule has 1 aromatic heterocycles. The zero-order chi connectivity index (χ0) is 13.5. The van der Waals surface area contributed by atoms with Gasteiger partial charge >= 0.3 is 0 Å². The molecule has 0 atom stereocenters. The number of aryl methyl sites for hydroxylation is 1. The van der Waals surface area contributed by atoms with Crippen molar-refractivity contribution in [1.29, 1.82) is 0 Å². The second-order valence-corrected chi connectivity index (χ2v) is 5.14. The third kappa shape index (κ3) is 4.65. The minimum Gasteiger partial charge on any atom is -0.339 e. The van der Waals surface area contributed by atoms with Crippen LogP contribution in [0, 0.1) is 5.82 Å². The van der Waals surface area contributed by atoms with Crippen molar-refractivity contribution in [2.75, 3.05) is 6.54 Å². The molecule has 0 aliphatic rings. The maximum atomic E-state index is 13.0. The van der Waals surface area contributed by atoms with E-state index in [2.05, 4.69) is 10.1 Å². The van der Waals surface area contributed by atoms with Crippen LogP contribution in [0.4, 0.5) is 4.39 Å². The van der Waals surface area contributed by atoms with E-state index in [0.717, 1.165) is 24.2 Å². The molecule has 0 saturated heterocycles. The van der Waals surface area contributed by atoms with Crippen LogP contribution in [0.15, 0.2) is 33.7 Å². The van der Waals surface area contributed by atoms with Crippen molar-refractivity contribution in [2.45, 2.75) is 29.9 Å². The lowest BCUT2D eigenvalue weighted by Gasteiger charge is -1.97. The van der Waals surface area contributed by atoms with Crippen LogP contribution in [0.3, 0.4) is 0 Å². The Kier molecular flexibility index (Phi) is 5.35. The minimum atomic E-state index is -0.236. The van der Waals surface area contributed by atoms with E-state index in [1.54, 1.807) is 6.07 Å². The number of halogens is 1. The topological polar surface area (TPSA) is 64.9 Å². The van der Waals surface area contributed by atoms with Gasteiger partial charge in [0.25, 0.3) is 0 Å². The summed E-state index contributed by atoms with van der Waals surface area (Å²) in [5, 5.41) is 3.90. The molecule has 0 fully saturated rings. The molecule has 0 spiro atoms. The van der Waals surface area contributed by atoms with E-state index >= 15 is 0 Å². The quantitative estimate of drug-likeness (QED) is 0.624. The first-order valence-corrected chi connectivity index (χ1v) is 7.16. The molecule has 0 saturated carbocycles. The Morgan fingerprint density at radius 1 is 1.32 bits per heavy atom. The standard InChI is InChI=1S/C13H16FN3OS/c14-10-4-3-5-11(8-10)19-9-12-16-13(18-17-12)6-1-2-7-15/h3-5,8H,1-2,6-7,9,15H2. The summed E-state index contributed by atoms with van der Waals surface area (Å²) in [4.78, 5) is 5.14. The number of nitrogens with zero attached hydrogens (tertiary/aromatic N) is 2. The van der Waals surface area contributed by atoms with Gasteiger partial charge in [-0.1, -0.05) is 11.2 Å². The van der Waals surface area contributed by atoms with Gasteiger partial charge in [-0.15, -0.1) is 11.8 Å². The van der Waals surface area contributed by atoms with Gasteiger partial charge in [0.05, 0.1) is 5.75 Å². The van der Waals surface area contributed by atoms with Gasteiger partial charge in [-0.25, -0.2) is 4.39 Å². The van der Waals surface area contributed by atoms with Gasteiger partial charge in [0.1, 0.15) is 5.82 Å². The molecule has 0 aliphatic carbocycles. The number of hydrogen-bond acceptors (Lipinski definition) is 5. The van der Waals surface area contributed by atoms with Crippen LogP contribution in [0.2, 0.25) is 0 Å². The van der Waals surface area contributed by atoms with Crippen molar-refractivity contribution in [3.8, 4) is 0 Å². The molecular weight excluding hydrogens is 265 g/mol. The molecule has 0 aliphatic heterocycles. The molecule has 6 heteroatoms. The van der Waals surface area contributed by atoms with Crippen LogP contribution < -0.4 is 5.73 Å². The summed E-state index contributed by atoms with van der Waals surface area (Å²) in [7, 11) is 0. The third-order valence-electron chi connectivity index (χ3n) is 2.52.